The summed E-state index contributed by atoms with van der Waals surface area (Å²) in [6.45, 7) is 7.82. The van der Waals surface area contributed by atoms with Crippen molar-refractivity contribution in [2.75, 3.05) is 166 Å². The van der Waals surface area contributed by atoms with Crippen LogP contribution >= 0.6 is 0 Å². The minimum Gasteiger partial charge on any atom is -0.481 e. The van der Waals surface area contributed by atoms with Crippen LogP contribution in [0.4, 0.5) is 0 Å². The second kappa shape index (κ2) is 37.8. The molecule has 7 atom stereocenters. The third-order valence-corrected chi connectivity index (χ3v) is 11.8. The third-order valence-electron chi connectivity index (χ3n) is 11.8. The molecule has 3 fully saturated rings. The van der Waals surface area contributed by atoms with Crippen LogP contribution < -0.4 is 21.3 Å². The molecule has 3 saturated heterocycles. The zero-order valence-corrected chi connectivity index (χ0v) is 40.3. The predicted molar refractivity (Wildman–Crippen MR) is 243 cm³/mol. The highest BCUT2D eigenvalue weighted by atomic mass is 16.6. The van der Waals surface area contributed by atoms with Gasteiger partial charge in [0.1, 0.15) is 43.4 Å². The van der Waals surface area contributed by atoms with Gasteiger partial charge in [-0.2, -0.15) is 0 Å². The Hall–Kier alpha value is -3.01. The lowest BCUT2D eigenvalue weighted by molar-refractivity contribution is -0.227. The lowest BCUT2D eigenvalue weighted by Gasteiger charge is -2.40. The van der Waals surface area contributed by atoms with Crippen LogP contribution in [-0.2, 0) is 76.1 Å². The van der Waals surface area contributed by atoms with Gasteiger partial charge in [0.25, 0.3) is 0 Å². The lowest BCUT2D eigenvalue weighted by Crippen LogP contribution is -2.56. The number of carbonyl (C=O) groups excluding carboxylic acids is 4. The number of likely N-dealkylation sites (tertiary alicyclic amines) is 1. The summed E-state index contributed by atoms with van der Waals surface area (Å²) < 4.78 is 60.7. The van der Waals surface area contributed by atoms with Crippen LogP contribution in [0.5, 0.6) is 0 Å². The number of methoxy groups -OCH3 is 2. The number of piperidine rings is 2. The van der Waals surface area contributed by atoms with Gasteiger partial charge in [0, 0.05) is 33.9 Å². The Morgan fingerprint density at radius 1 is 0.765 bits per heavy atom. The molecule has 23 nitrogen and oxygen atoms in total. The van der Waals surface area contributed by atoms with Crippen LogP contribution in [-0.4, -0.2) is 247 Å². The molecule has 3 amide bonds. The number of carbonyl (C=O) groups is 5. The van der Waals surface area contributed by atoms with E-state index in [1.165, 1.54) is 0 Å². The minimum atomic E-state index is -1.24. The van der Waals surface area contributed by atoms with Gasteiger partial charge in [-0.25, -0.2) is 0 Å². The van der Waals surface area contributed by atoms with E-state index in [9.17, 15) is 34.2 Å². The molecule has 3 heterocycles. The fourth-order valence-corrected chi connectivity index (χ4v) is 8.08. The molecule has 6 N–H and O–H groups in total. The second-order valence-electron chi connectivity index (χ2n) is 16.7. The Kier molecular flexibility index (Phi) is 32.9. The van der Waals surface area contributed by atoms with E-state index in [1.807, 2.05) is 4.90 Å². The Morgan fingerprint density at radius 3 is 1.93 bits per heavy atom. The average Bonchev–Trinajstić information content (AvgIpc) is 3.35. The van der Waals surface area contributed by atoms with Crippen molar-refractivity contribution >= 4 is 30.0 Å². The number of hydrogen-bond donors (Lipinski definition) is 6. The molecule has 0 aromatic rings. The number of amides is 3. The normalized spacial score (nSPS) is 22.3. The number of aliphatic carboxylic acids is 1. The quantitative estimate of drug-likeness (QED) is 0.0291. The van der Waals surface area contributed by atoms with Crippen LogP contribution in [0.1, 0.15) is 44.9 Å². The number of nitrogens with zero attached hydrogens (tertiary/aromatic N) is 1. The summed E-state index contributed by atoms with van der Waals surface area (Å²) in [6, 6.07) is -1.51. The maximum absolute atomic E-state index is 13.2. The van der Waals surface area contributed by atoms with Crippen molar-refractivity contribution in [2.24, 2.45) is 11.8 Å². The van der Waals surface area contributed by atoms with Gasteiger partial charge >= 0.3 is 5.97 Å². The molecule has 0 radical (unpaired) electrons. The van der Waals surface area contributed by atoms with Crippen molar-refractivity contribution in [3.8, 4) is 0 Å². The van der Waals surface area contributed by atoms with Crippen molar-refractivity contribution < 1.29 is 86.3 Å². The molecule has 23 heteroatoms. The summed E-state index contributed by atoms with van der Waals surface area (Å²) >= 11 is 0. The van der Waals surface area contributed by atoms with E-state index in [0.717, 1.165) is 51.5 Å². The number of carboxylic acid groups (broad SMARTS) is 1. The van der Waals surface area contributed by atoms with Gasteiger partial charge in [-0.15, -0.1) is 0 Å². The number of carboxylic acids is 1. The molecule has 68 heavy (non-hydrogen) atoms. The van der Waals surface area contributed by atoms with Gasteiger partial charge in [-0.3, -0.25) is 24.1 Å². The van der Waals surface area contributed by atoms with E-state index < -0.39 is 48.4 Å². The third kappa shape index (κ3) is 25.2. The molecule has 3 aliphatic heterocycles. The summed E-state index contributed by atoms with van der Waals surface area (Å²) in [5.41, 5.74) is 0. The zero-order chi connectivity index (χ0) is 49.0. The number of rotatable bonds is 40. The molecule has 3 aliphatic rings. The second-order valence-corrected chi connectivity index (χ2v) is 16.7. The van der Waals surface area contributed by atoms with Gasteiger partial charge in [0.15, 0.2) is 0 Å². The first-order chi connectivity index (χ1) is 33.2. The van der Waals surface area contributed by atoms with Crippen LogP contribution in [0, 0.1) is 11.8 Å². The number of aliphatic hydroxyl groups excluding tert-OH is 1. The summed E-state index contributed by atoms with van der Waals surface area (Å²) in [5, 5.41) is 30.4. The molecule has 0 aromatic carbocycles. The highest BCUT2D eigenvalue weighted by Crippen LogP contribution is 2.25. The minimum absolute atomic E-state index is 0.111. The van der Waals surface area contributed by atoms with Crippen LogP contribution in [0.15, 0.2) is 0 Å². The largest absolute Gasteiger partial charge is 0.481 e. The standard InChI is InChI=1S/C45H81N5O18/c1-58-39-32-68-38(31-52)43(42(39)59-2)67-27-26-65-23-22-63-18-16-60-14-11-47-40(53)33-66-25-24-64-21-20-62-19-17-61-15-12-48-45(57)37(28-41(54)55)49-44(56)35-4-3-13-50(29-35)36(30-51)6-5-34-7-9-46-10-8-34/h30,34-39,42-43,46,52H,3-29,31-33H2,1-2H3,(H,47,53)(H,48,57)(H,49,56)(H,54,55)/t35?,36?,37-,38?,39-,42?,43+/m0/s1. The smallest absolute Gasteiger partial charge is 0.305 e. The summed E-state index contributed by atoms with van der Waals surface area (Å²) in [6.07, 6.45) is 4.01. The van der Waals surface area contributed by atoms with Crippen molar-refractivity contribution in [1.82, 2.24) is 26.2 Å². The van der Waals surface area contributed by atoms with E-state index in [2.05, 4.69) is 21.3 Å². The Labute approximate surface area is 400 Å². The molecule has 0 aliphatic carbocycles. The van der Waals surface area contributed by atoms with Gasteiger partial charge in [0.2, 0.25) is 17.7 Å². The van der Waals surface area contributed by atoms with E-state index in [0.29, 0.717) is 98.0 Å². The topological polar surface area (TPSA) is 279 Å². The van der Waals surface area contributed by atoms with Gasteiger partial charge < -0.3 is 88.4 Å². The molecule has 0 saturated carbocycles. The maximum atomic E-state index is 13.2. The maximum Gasteiger partial charge on any atom is 0.305 e. The highest BCUT2D eigenvalue weighted by Gasteiger charge is 2.41. The van der Waals surface area contributed by atoms with Crippen LogP contribution in [0.25, 0.3) is 0 Å². The van der Waals surface area contributed by atoms with Crippen LogP contribution in [0.2, 0.25) is 0 Å². The van der Waals surface area contributed by atoms with Crippen molar-refractivity contribution in [3.63, 3.8) is 0 Å². The molecule has 4 unspecified atom stereocenters. The number of nitrogens with one attached hydrogen (secondary N) is 4. The van der Waals surface area contributed by atoms with Crippen molar-refractivity contribution in [3.05, 3.63) is 0 Å². The fraction of sp³-hybridized carbons (Fsp3) is 0.889. The van der Waals surface area contributed by atoms with Crippen molar-refractivity contribution in [2.45, 2.75) is 81.4 Å². The number of aldehydes is 1. The summed E-state index contributed by atoms with van der Waals surface area (Å²) in [5.74, 6) is -2.35. The van der Waals surface area contributed by atoms with E-state index in [4.69, 9.17) is 52.1 Å². The molecule has 0 spiro atoms. The first kappa shape index (κ1) is 59.3. The Balaban J connectivity index is 1.08. The fourth-order valence-electron chi connectivity index (χ4n) is 8.08. The average molecular weight is 980 g/mol. The first-order valence-electron chi connectivity index (χ1n) is 24.1. The van der Waals surface area contributed by atoms with Gasteiger partial charge in [-0.1, -0.05) is 0 Å². The number of hydrogen-bond acceptors (Lipinski definition) is 19. The van der Waals surface area contributed by atoms with Gasteiger partial charge in [0.05, 0.1) is 124 Å². The molecule has 0 bridgehead atoms. The van der Waals surface area contributed by atoms with E-state index in [1.54, 1.807) is 14.2 Å². The number of aliphatic hydroxyl groups is 1. The van der Waals surface area contributed by atoms with Crippen LogP contribution in [0.3, 0.4) is 0 Å². The van der Waals surface area contributed by atoms with E-state index >= 15 is 0 Å². The molecule has 394 valence electrons. The molecular formula is C45H81N5O18. The summed E-state index contributed by atoms with van der Waals surface area (Å²) in [7, 11) is 3.15. The highest BCUT2D eigenvalue weighted by molar-refractivity contribution is 5.91. The first-order valence-corrected chi connectivity index (χ1v) is 24.1. The van der Waals surface area contributed by atoms with Gasteiger partial charge in [-0.05, 0) is 64.1 Å². The zero-order valence-electron chi connectivity index (χ0n) is 40.3. The Morgan fingerprint density at radius 2 is 1.35 bits per heavy atom. The van der Waals surface area contributed by atoms with E-state index in [-0.39, 0.29) is 76.9 Å². The Bertz CT molecular complexity index is 1370. The molecular weight excluding hydrogens is 899 g/mol. The SMILES string of the molecule is COC1[C@H](OCCOCCOCCOCCNC(=O)COCCOCCOCCOCCNC(=O)[C@H](CC(=O)O)NC(=O)C2CCCN(C(C=O)CCC3CCNCC3)C2)C(CO)OC[C@@H]1OC. The molecule has 0 aromatic heterocycles. The van der Waals surface area contributed by atoms with Crippen molar-refractivity contribution in [1.29, 1.82) is 0 Å². The number of ether oxygens (including phenoxy) is 11. The predicted octanol–water partition coefficient (Wildman–Crippen LogP) is -1.84. The monoisotopic (exact) mass is 980 g/mol. The lowest BCUT2D eigenvalue weighted by atomic mass is 9.90. The molecule has 3 rings (SSSR count). The summed E-state index contributed by atoms with van der Waals surface area (Å²) in [4.78, 5) is 63.7.